The van der Waals surface area contributed by atoms with Crippen molar-refractivity contribution in [3.63, 3.8) is 0 Å². The summed E-state index contributed by atoms with van der Waals surface area (Å²) in [4.78, 5) is -0.840. The summed E-state index contributed by atoms with van der Waals surface area (Å²) in [5.41, 5.74) is 5.31. The molecule has 1 aromatic rings. The molecular formula is C12H12F4N2O2S. The van der Waals surface area contributed by atoms with Crippen molar-refractivity contribution in [2.75, 3.05) is 20.1 Å². The van der Waals surface area contributed by atoms with Gasteiger partial charge in [0.1, 0.15) is 17.3 Å². The highest BCUT2D eigenvalue weighted by molar-refractivity contribution is 7.89. The predicted molar refractivity (Wildman–Crippen MR) is 68.2 cm³/mol. The molecule has 0 saturated heterocycles. The van der Waals surface area contributed by atoms with E-state index in [-0.39, 0.29) is 16.4 Å². The normalized spacial score (nSPS) is 12.1. The first-order valence-corrected chi connectivity index (χ1v) is 7.03. The molecule has 0 bridgehead atoms. The van der Waals surface area contributed by atoms with Gasteiger partial charge in [0.25, 0.3) is 0 Å². The van der Waals surface area contributed by atoms with Crippen LogP contribution in [0.5, 0.6) is 0 Å². The monoisotopic (exact) mass is 324 g/mol. The lowest BCUT2D eigenvalue weighted by Gasteiger charge is -2.19. The summed E-state index contributed by atoms with van der Waals surface area (Å²) in [5.74, 6) is 3.76. The number of benzene rings is 1. The van der Waals surface area contributed by atoms with E-state index in [1.165, 1.54) is 6.07 Å². The van der Waals surface area contributed by atoms with Gasteiger partial charge in [0.15, 0.2) is 0 Å². The standard InChI is InChI=1S/C12H12F4N2O2S/c1-18(8-12(14,15)16)21(19,20)11-5-4-9(3-2-6-17)7-10(11)13/h4-5,7H,6,8,17H2,1H3. The molecule has 9 heteroatoms. The van der Waals surface area contributed by atoms with E-state index in [0.29, 0.717) is 0 Å². The van der Waals surface area contributed by atoms with E-state index in [0.717, 1.165) is 19.2 Å². The molecule has 0 spiro atoms. The fraction of sp³-hybridized carbons (Fsp3) is 0.333. The van der Waals surface area contributed by atoms with Crippen LogP contribution in [0.1, 0.15) is 5.56 Å². The van der Waals surface area contributed by atoms with Crippen LogP contribution in [-0.2, 0) is 10.0 Å². The summed E-state index contributed by atoms with van der Waals surface area (Å²) >= 11 is 0. The van der Waals surface area contributed by atoms with Crippen molar-refractivity contribution in [3.05, 3.63) is 29.6 Å². The Hall–Kier alpha value is -1.63. The smallest absolute Gasteiger partial charge is 0.320 e. The van der Waals surface area contributed by atoms with E-state index < -0.39 is 33.5 Å². The fourth-order valence-electron chi connectivity index (χ4n) is 1.45. The van der Waals surface area contributed by atoms with Gasteiger partial charge in [0.05, 0.1) is 6.54 Å². The first kappa shape index (κ1) is 17.4. The summed E-state index contributed by atoms with van der Waals surface area (Å²) < 4.78 is 74.3. The molecule has 1 rings (SSSR count). The second-order valence-electron chi connectivity index (χ2n) is 4.03. The van der Waals surface area contributed by atoms with Gasteiger partial charge < -0.3 is 5.73 Å². The zero-order chi connectivity index (χ0) is 16.3. The maximum absolute atomic E-state index is 13.8. The molecule has 4 nitrogen and oxygen atoms in total. The largest absolute Gasteiger partial charge is 0.402 e. The molecule has 0 radical (unpaired) electrons. The first-order chi connectivity index (χ1) is 9.58. The average Bonchev–Trinajstić information content (AvgIpc) is 2.34. The average molecular weight is 324 g/mol. The molecule has 0 aliphatic carbocycles. The van der Waals surface area contributed by atoms with Crippen LogP contribution in [0.3, 0.4) is 0 Å². The molecule has 0 aromatic heterocycles. The first-order valence-electron chi connectivity index (χ1n) is 5.59. The molecule has 116 valence electrons. The van der Waals surface area contributed by atoms with Crippen molar-refractivity contribution in [1.29, 1.82) is 0 Å². The number of sulfonamides is 1. The van der Waals surface area contributed by atoms with E-state index in [1.54, 1.807) is 0 Å². The SMILES string of the molecule is CN(CC(F)(F)F)S(=O)(=O)c1ccc(C#CCN)cc1F. The maximum atomic E-state index is 13.8. The highest BCUT2D eigenvalue weighted by atomic mass is 32.2. The third-order valence-electron chi connectivity index (χ3n) is 2.36. The molecule has 2 N–H and O–H groups in total. The second-order valence-corrected chi connectivity index (χ2v) is 6.04. The van der Waals surface area contributed by atoms with Crippen molar-refractivity contribution < 1.29 is 26.0 Å². The van der Waals surface area contributed by atoms with Gasteiger partial charge in [-0.05, 0) is 18.2 Å². The molecule has 1 aromatic carbocycles. The van der Waals surface area contributed by atoms with E-state index in [1.807, 2.05) is 0 Å². The highest BCUT2D eigenvalue weighted by Crippen LogP contribution is 2.23. The Morgan fingerprint density at radius 1 is 1.33 bits per heavy atom. The van der Waals surface area contributed by atoms with Crippen molar-refractivity contribution in [2.45, 2.75) is 11.1 Å². The van der Waals surface area contributed by atoms with Crippen LogP contribution in [0.2, 0.25) is 0 Å². The Balaban J connectivity index is 3.15. The van der Waals surface area contributed by atoms with Crippen LogP contribution in [0.25, 0.3) is 0 Å². The van der Waals surface area contributed by atoms with E-state index in [2.05, 4.69) is 11.8 Å². The number of hydrogen-bond donors (Lipinski definition) is 1. The minimum absolute atomic E-state index is 0.0377. The third kappa shape index (κ3) is 4.70. The Kier molecular flexibility index (Phi) is 5.33. The zero-order valence-electron chi connectivity index (χ0n) is 10.9. The molecule has 0 unspecified atom stereocenters. The van der Waals surface area contributed by atoms with Gasteiger partial charge in [-0.25, -0.2) is 12.8 Å². The number of rotatable bonds is 3. The molecular weight excluding hydrogens is 312 g/mol. The number of nitrogens with zero attached hydrogens (tertiary/aromatic N) is 1. The number of nitrogens with two attached hydrogens (primary N) is 1. The van der Waals surface area contributed by atoms with Crippen LogP contribution in [0.4, 0.5) is 17.6 Å². The maximum Gasteiger partial charge on any atom is 0.402 e. The van der Waals surface area contributed by atoms with E-state index >= 15 is 0 Å². The van der Waals surface area contributed by atoms with Gasteiger partial charge in [-0.1, -0.05) is 11.8 Å². The van der Waals surface area contributed by atoms with Crippen LogP contribution >= 0.6 is 0 Å². The molecule has 0 saturated carbocycles. The lowest BCUT2D eigenvalue weighted by Crippen LogP contribution is -2.36. The van der Waals surface area contributed by atoms with E-state index in [9.17, 15) is 26.0 Å². The summed E-state index contributed by atoms with van der Waals surface area (Å²) in [6, 6.07) is 2.90. The molecule has 0 aliphatic rings. The Labute approximate surface area is 119 Å². The highest BCUT2D eigenvalue weighted by Gasteiger charge is 2.35. The summed E-state index contributed by atoms with van der Waals surface area (Å²) in [7, 11) is -3.85. The van der Waals surface area contributed by atoms with Gasteiger partial charge in [-0.15, -0.1) is 0 Å². The third-order valence-corrected chi connectivity index (χ3v) is 4.19. The van der Waals surface area contributed by atoms with Gasteiger partial charge in [-0.3, -0.25) is 0 Å². The van der Waals surface area contributed by atoms with Crippen molar-refractivity contribution in [3.8, 4) is 11.8 Å². The van der Waals surface area contributed by atoms with Gasteiger partial charge in [0, 0.05) is 12.6 Å². The molecule has 0 aliphatic heterocycles. The van der Waals surface area contributed by atoms with Crippen LogP contribution in [-0.4, -0.2) is 39.0 Å². The van der Waals surface area contributed by atoms with Gasteiger partial charge in [-0.2, -0.15) is 17.5 Å². The minimum Gasteiger partial charge on any atom is -0.320 e. The fourth-order valence-corrected chi connectivity index (χ4v) is 2.64. The zero-order valence-corrected chi connectivity index (χ0v) is 11.7. The molecule has 0 fully saturated rings. The molecule has 21 heavy (non-hydrogen) atoms. The number of hydrogen-bond acceptors (Lipinski definition) is 3. The van der Waals surface area contributed by atoms with Crippen LogP contribution in [0.15, 0.2) is 23.1 Å². The van der Waals surface area contributed by atoms with Crippen molar-refractivity contribution >= 4 is 10.0 Å². The lowest BCUT2D eigenvalue weighted by molar-refractivity contribution is -0.134. The molecule has 0 amide bonds. The Morgan fingerprint density at radius 2 is 1.95 bits per heavy atom. The second kappa shape index (κ2) is 6.43. The number of alkyl halides is 3. The number of halogens is 4. The predicted octanol–water partition coefficient (Wildman–Crippen LogP) is 1.32. The summed E-state index contributed by atoms with van der Waals surface area (Å²) in [6.45, 7) is -1.67. The summed E-state index contributed by atoms with van der Waals surface area (Å²) in [6.07, 6.45) is -4.72. The topological polar surface area (TPSA) is 63.4 Å². The minimum atomic E-state index is -4.72. The summed E-state index contributed by atoms with van der Waals surface area (Å²) in [5, 5.41) is 0. The lowest BCUT2D eigenvalue weighted by atomic mass is 10.2. The van der Waals surface area contributed by atoms with Crippen molar-refractivity contribution in [1.82, 2.24) is 4.31 Å². The molecule has 0 heterocycles. The van der Waals surface area contributed by atoms with Crippen molar-refractivity contribution in [2.24, 2.45) is 5.73 Å². The van der Waals surface area contributed by atoms with Gasteiger partial charge in [0.2, 0.25) is 10.0 Å². The van der Waals surface area contributed by atoms with Crippen LogP contribution in [0, 0.1) is 17.7 Å². The quantitative estimate of drug-likeness (QED) is 0.674. The van der Waals surface area contributed by atoms with E-state index in [4.69, 9.17) is 5.73 Å². The van der Waals surface area contributed by atoms with Gasteiger partial charge >= 0.3 is 6.18 Å². The Bertz CT molecular complexity index is 675. The molecule has 0 atom stereocenters. The van der Waals surface area contributed by atoms with Crippen LogP contribution < -0.4 is 5.73 Å². The Morgan fingerprint density at radius 3 is 2.43 bits per heavy atom.